The van der Waals surface area contributed by atoms with Crippen LogP contribution in [0, 0.1) is 0 Å². The number of likely N-dealkylation sites (N-methyl/N-ethyl adjacent to an activating group) is 1. The molecule has 1 aromatic carbocycles. The van der Waals surface area contributed by atoms with Gasteiger partial charge in [0.2, 0.25) is 0 Å². The van der Waals surface area contributed by atoms with E-state index in [2.05, 4.69) is 60.4 Å². The number of anilines is 1. The molecular weight excluding hydrogens is 234 g/mol. The Morgan fingerprint density at radius 3 is 2.37 bits per heavy atom. The van der Waals surface area contributed by atoms with Gasteiger partial charge in [0.1, 0.15) is 0 Å². The number of hydrogen-bond acceptors (Lipinski definition) is 3. The number of hydrogen-bond donors (Lipinski definition) is 1. The van der Waals surface area contributed by atoms with Gasteiger partial charge in [0.15, 0.2) is 0 Å². The largest absolute Gasteiger partial charge is 0.372 e. The summed E-state index contributed by atoms with van der Waals surface area (Å²) in [6.45, 7) is 6.70. The highest BCUT2D eigenvalue weighted by Crippen LogP contribution is 2.20. The Bertz CT molecular complexity index is 366. The van der Waals surface area contributed by atoms with Crippen LogP contribution >= 0.6 is 0 Å². The second-order valence-corrected chi connectivity index (χ2v) is 5.90. The Balaban J connectivity index is 1.81. The lowest BCUT2D eigenvalue weighted by molar-refractivity contribution is 0.349. The molecule has 0 amide bonds. The minimum Gasteiger partial charge on any atom is -0.372 e. The number of benzene rings is 1. The molecule has 0 spiro atoms. The molecule has 19 heavy (non-hydrogen) atoms. The van der Waals surface area contributed by atoms with Crippen LogP contribution in [0.15, 0.2) is 24.3 Å². The summed E-state index contributed by atoms with van der Waals surface area (Å²) in [5.41, 5.74) is 2.75. The molecule has 1 aliphatic heterocycles. The van der Waals surface area contributed by atoms with Crippen LogP contribution in [0.25, 0.3) is 0 Å². The highest BCUT2D eigenvalue weighted by atomic mass is 15.1. The molecule has 3 nitrogen and oxygen atoms in total. The zero-order valence-corrected chi connectivity index (χ0v) is 12.5. The Morgan fingerprint density at radius 2 is 1.79 bits per heavy atom. The molecule has 1 aromatic rings. The summed E-state index contributed by atoms with van der Waals surface area (Å²) in [6.07, 6.45) is 2.68. The normalized spacial score (nSPS) is 17.2. The molecule has 0 aromatic heterocycles. The lowest BCUT2D eigenvalue weighted by Crippen LogP contribution is -2.35. The van der Waals surface area contributed by atoms with E-state index in [0.717, 1.165) is 13.1 Å². The van der Waals surface area contributed by atoms with Crippen molar-refractivity contribution in [1.29, 1.82) is 0 Å². The van der Waals surface area contributed by atoms with Gasteiger partial charge < -0.3 is 15.1 Å². The predicted octanol–water partition coefficient (Wildman–Crippen LogP) is 2.33. The first-order valence-corrected chi connectivity index (χ1v) is 7.37. The van der Waals surface area contributed by atoms with Gasteiger partial charge >= 0.3 is 0 Å². The summed E-state index contributed by atoms with van der Waals surface area (Å²) < 4.78 is 0. The van der Waals surface area contributed by atoms with Crippen molar-refractivity contribution in [2.24, 2.45) is 0 Å². The average molecular weight is 261 g/mol. The average Bonchev–Trinajstić information content (AvgIpc) is 2.90. The molecule has 0 bridgehead atoms. The Kier molecular flexibility index (Phi) is 5.23. The minimum absolute atomic E-state index is 0.522. The molecule has 1 aliphatic rings. The molecular formula is C16H27N3. The summed E-state index contributed by atoms with van der Waals surface area (Å²) in [7, 11) is 4.23. The van der Waals surface area contributed by atoms with E-state index in [1.54, 1.807) is 0 Å². The highest BCUT2D eigenvalue weighted by Gasteiger charge is 2.11. The lowest BCUT2D eigenvalue weighted by Gasteiger charge is -2.19. The molecule has 1 heterocycles. The van der Waals surface area contributed by atoms with E-state index >= 15 is 0 Å². The van der Waals surface area contributed by atoms with Gasteiger partial charge in [0, 0.05) is 37.9 Å². The summed E-state index contributed by atoms with van der Waals surface area (Å²) in [4.78, 5) is 4.69. The van der Waals surface area contributed by atoms with Gasteiger partial charge in [-0.3, -0.25) is 0 Å². The van der Waals surface area contributed by atoms with Crippen molar-refractivity contribution in [2.45, 2.75) is 32.4 Å². The van der Waals surface area contributed by atoms with Gasteiger partial charge in [-0.2, -0.15) is 0 Å². The zero-order valence-electron chi connectivity index (χ0n) is 12.5. The van der Waals surface area contributed by atoms with E-state index in [1.807, 2.05) is 0 Å². The second-order valence-electron chi connectivity index (χ2n) is 5.90. The van der Waals surface area contributed by atoms with Crippen molar-refractivity contribution < 1.29 is 0 Å². The Hall–Kier alpha value is -1.06. The maximum atomic E-state index is 3.56. The summed E-state index contributed by atoms with van der Waals surface area (Å²) in [5, 5.41) is 3.56. The van der Waals surface area contributed by atoms with Crippen LogP contribution in [0.4, 0.5) is 5.69 Å². The van der Waals surface area contributed by atoms with E-state index in [0.29, 0.717) is 6.04 Å². The van der Waals surface area contributed by atoms with Crippen molar-refractivity contribution in [3.05, 3.63) is 29.8 Å². The number of rotatable bonds is 6. The smallest absolute Gasteiger partial charge is 0.0366 e. The molecule has 3 heteroatoms. The van der Waals surface area contributed by atoms with Crippen LogP contribution in [0.3, 0.4) is 0 Å². The Labute approximate surface area is 117 Å². The molecule has 1 saturated heterocycles. The van der Waals surface area contributed by atoms with Crippen LogP contribution < -0.4 is 10.2 Å². The van der Waals surface area contributed by atoms with Crippen LogP contribution in [0.2, 0.25) is 0 Å². The maximum Gasteiger partial charge on any atom is 0.0366 e. The molecule has 1 fully saturated rings. The van der Waals surface area contributed by atoms with E-state index < -0.39 is 0 Å². The lowest BCUT2D eigenvalue weighted by atomic mass is 10.2. The summed E-state index contributed by atoms with van der Waals surface area (Å²) in [5.74, 6) is 0. The molecule has 1 atom stereocenters. The van der Waals surface area contributed by atoms with Gasteiger partial charge in [-0.25, -0.2) is 0 Å². The zero-order chi connectivity index (χ0) is 13.7. The van der Waals surface area contributed by atoms with E-state index in [-0.39, 0.29) is 0 Å². The fourth-order valence-corrected chi connectivity index (χ4v) is 2.70. The fourth-order valence-electron chi connectivity index (χ4n) is 2.70. The van der Waals surface area contributed by atoms with Crippen molar-refractivity contribution in [3.8, 4) is 0 Å². The molecule has 1 N–H and O–H groups in total. The van der Waals surface area contributed by atoms with Gasteiger partial charge in [-0.1, -0.05) is 12.1 Å². The molecule has 0 radical (unpaired) electrons. The van der Waals surface area contributed by atoms with E-state index in [4.69, 9.17) is 0 Å². The Morgan fingerprint density at radius 1 is 1.16 bits per heavy atom. The van der Waals surface area contributed by atoms with Crippen LogP contribution in [-0.2, 0) is 6.54 Å². The fraction of sp³-hybridized carbons (Fsp3) is 0.625. The van der Waals surface area contributed by atoms with Crippen molar-refractivity contribution in [3.63, 3.8) is 0 Å². The van der Waals surface area contributed by atoms with Gasteiger partial charge in [-0.15, -0.1) is 0 Å². The van der Waals surface area contributed by atoms with Crippen LogP contribution in [0.1, 0.15) is 25.3 Å². The molecule has 0 aliphatic carbocycles. The first kappa shape index (κ1) is 14.4. The molecule has 106 valence electrons. The third-order valence-electron chi connectivity index (χ3n) is 3.70. The number of nitrogens with one attached hydrogen (secondary N) is 1. The predicted molar refractivity (Wildman–Crippen MR) is 82.7 cm³/mol. The topological polar surface area (TPSA) is 18.5 Å². The highest BCUT2D eigenvalue weighted by molar-refractivity contribution is 5.48. The number of nitrogens with zero attached hydrogens (tertiary/aromatic N) is 2. The molecule has 1 unspecified atom stereocenters. The van der Waals surface area contributed by atoms with Crippen molar-refractivity contribution >= 4 is 5.69 Å². The third-order valence-corrected chi connectivity index (χ3v) is 3.70. The standard InChI is InChI=1S/C16H27N3/c1-14(13-18(2)3)17-12-15-6-8-16(9-7-15)19-10-4-5-11-19/h6-9,14,17H,4-5,10-13H2,1-3H3. The van der Waals surface area contributed by atoms with Crippen molar-refractivity contribution in [2.75, 3.05) is 38.6 Å². The van der Waals surface area contributed by atoms with Crippen LogP contribution in [-0.4, -0.2) is 44.7 Å². The third kappa shape index (κ3) is 4.51. The molecule has 0 saturated carbocycles. The van der Waals surface area contributed by atoms with Crippen LogP contribution in [0.5, 0.6) is 0 Å². The van der Waals surface area contributed by atoms with E-state index in [1.165, 1.54) is 37.2 Å². The minimum atomic E-state index is 0.522. The van der Waals surface area contributed by atoms with Gasteiger partial charge in [-0.05, 0) is 51.6 Å². The van der Waals surface area contributed by atoms with Gasteiger partial charge in [0.25, 0.3) is 0 Å². The quantitative estimate of drug-likeness (QED) is 0.848. The van der Waals surface area contributed by atoms with Crippen molar-refractivity contribution in [1.82, 2.24) is 10.2 Å². The molecule has 2 rings (SSSR count). The maximum absolute atomic E-state index is 3.56. The summed E-state index contributed by atoms with van der Waals surface area (Å²) in [6, 6.07) is 9.55. The summed E-state index contributed by atoms with van der Waals surface area (Å²) >= 11 is 0. The first-order valence-electron chi connectivity index (χ1n) is 7.37. The first-order chi connectivity index (χ1) is 9.15. The van der Waals surface area contributed by atoms with Gasteiger partial charge in [0.05, 0.1) is 0 Å². The van der Waals surface area contributed by atoms with E-state index in [9.17, 15) is 0 Å². The SMILES string of the molecule is CC(CN(C)C)NCc1ccc(N2CCCC2)cc1. The monoisotopic (exact) mass is 261 g/mol. The second kappa shape index (κ2) is 6.92.